The van der Waals surface area contributed by atoms with Crippen molar-refractivity contribution in [3.8, 4) is 0 Å². The normalized spacial score (nSPS) is 15.7. The smallest absolute Gasteiger partial charge is 0.417 e. The van der Waals surface area contributed by atoms with Gasteiger partial charge in [-0.25, -0.2) is 26.4 Å². The number of hydrogen-bond donors (Lipinski definition) is 2. The van der Waals surface area contributed by atoms with Gasteiger partial charge in [0, 0.05) is 19.0 Å². The lowest BCUT2D eigenvalue weighted by Crippen LogP contribution is -2.44. The topological polar surface area (TPSA) is 138 Å². The predicted molar refractivity (Wildman–Crippen MR) is 111 cm³/mol. The first-order chi connectivity index (χ1) is 15.7. The van der Waals surface area contributed by atoms with Crippen LogP contribution in [0, 0.1) is 5.92 Å². The highest BCUT2D eigenvalue weighted by atomic mass is 32.2. The van der Waals surface area contributed by atoms with E-state index in [1.165, 1.54) is 30.3 Å². The van der Waals surface area contributed by atoms with Crippen LogP contribution >= 0.6 is 0 Å². The summed E-state index contributed by atoms with van der Waals surface area (Å²) in [7, 11) is -9.48. The summed E-state index contributed by atoms with van der Waals surface area (Å²) in [6, 6.07) is 8.06. The second kappa shape index (κ2) is 9.25. The zero-order valence-corrected chi connectivity index (χ0v) is 19.0. The second-order valence-corrected chi connectivity index (χ2v) is 11.1. The third kappa shape index (κ3) is 5.33. The summed E-state index contributed by atoms with van der Waals surface area (Å²) in [5.74, 6) is -2.05. The predicted octanol–water partition coefficient (Wildman–Crippen LogP) is 2.73. The molecular formula is C20H19F3N2O7S2. The number of carboxylic acid groups (broad SMARTS) is 1. The number of benzene rings is 2. The number of alkyl halides is 3. The van der Waals surface area contributed by atoms with Crippen LogP contribution in [0.5, 0.6) is 0 Å². The molecule has 2 aromatic rings. The number of halogens is 3. The van der Waals surface area contributed by atoms with Gasteiger partial charge in [0.05, 0.1) is 15.4 Å². The fourth-order valence-electron chi connectivity index (χ4n) is 3.47. The van der Waals surface area contributed by atoms with Crippen molar-refractivity contribution in [2.45, 2.75) is 33.7 Å². The van der Waals surface area contributed by atoms with Gasteiger partial charge in [-0.3, -0.25) is 4.79 Å². The van der Waals surface area contributed by atoms with Crippen molar-refractivity contribution < 1.29 is 44.7 Å². The summed E-state index contributed by atoms with van der Waals surface area (Å²) in [4.78, 5) is 22.1. The number of carbonyl (C=O) groups is 2. The van der Waals surface area contributed by atoms with E-state index in [0.29, 0.717) is 18.2 Å². The molecule has 1 aliphatic heterocycles. The first-order valence-corrected chi connectivity index (χ1v) is 12.8. The maximum atomic E-state index is 13.6. The summed E-state index contributed by atoms with van der Waals surface area (Å²) in [5, 5.41) is 8.95. The minimum absolute atomic E-state index is 0.0256. The van der Waals surface area contributed by atoms with Crippen molar-refractivity contribution in [2.24, 2.45) is 5.92 Å². The Kier molecular flexibility index (Phi) is 6.94. The van der Waals surface area contributed by atoms with E-state index in [2.05, 4.69) is 0 Å². The zero-order valence-electron chi connectivity index (χ0n) is 17.3. The van der Waals surface area contributed by atoms with E-state index in [1.807, 2.05) is 0 Å². The first-order valence-electron chi connectivity index (χ1n) is 9.79. The average molecular weight is 521 g/mol. The van der Waals surface area contributed by atoms with Gasteiger partial charge in [0.25, 0.3) is 10.0 Å². The number of likely N-dealkylation sites (tertiary alicyclic amines) is 1. The Bertz CT molecular complexity index is 1300. The average Bonchev–Trinajstić information content (AvgIpc) is 2.78. The molecule has 2 N–H and O–H groups in total. The number of carbonyl (C=O) groups excluding carboxylic acids is 1. The van der Waals surface area contributed by atoms with E-state index >= 15 is 0 Å². The molecule has 1 fully saturated rings. The van der Waals surface area contributed by atoms with E-state index in [-0.39, 0.29) is 30.8 Å². The van der Waals surface area contributed by atoms with Crippen LogP contribution < -0.4 is 4.72 Å². The standard InChI is InChI=1S/C20H19F3N2O7S2/c21-20(22,23)16-7-6-15(33(29,30)14-4-2-1-3-5-14)12-17(16)34(31,32)24-18(26)13-8-10-25(11-9-13)19(27)28/h1-7,12-13H,8-11H2,(H,24,26)(H,27,28). The Hall–Kier alpha value is -3.13. The van der Waals surface area contributed by atoms with Crippen LogP contribution in [0.3, 0.4) is 0 Å². The third-order valence-electron chi connectivity index (χ3n) is 5.28. The highest BCUT2D eigenvalue weighted by Gasteiger charge is 2.39. The molecule has 0 saturated carbocycles. The summed E-state index contributed by atoms with van der Waals surface area (Å²) < 4.78 is 93.5. The van der Waals surface area contributed by atoms with Gasteiger partial charge >= 0.3 is 12.3 Å². The summed E-state index contributed by atoms with van der Waals surface area (Å²) in [6.07, 6.45) is -6.42. The molecule has 0 radical (unpaired) electrons. The lowest BCUT2D eigenvalue weighted by molar-refractivity contribution is -0.140. The molecular weight excluding hydrogens is 501 g/mol. The molecule has 2 amide bonds. The van der Waals surface area contributed by atoms with Gasteiger partial charge in [-0.05, 0) is 43.2 Å². The van der Waals surface area contributed by atoms with Crippen LogP contribution in [0.25, 0.3) is 0 Å². The maximum Gasteiger partial charge on any atom is 0.417 e. The van der Waals surface area contributed by atoms with Crippen LogP contribution in [0.2, 0.25) is 0 Å². The second-order valence-electron chi connectivity index (χ2n) is 7.49. The van der Waals surface area contributed by atoms with Gasteiger partial charge in [0.1, 0.15) is 4.90 Å². The van der Waals surface area contributed by atoms with E-state index in [1.54, 1.807) is 4.72 Å². The molecule has 1 heterocycles. The molecule has 2 aromatic carbocycles. The van der Waals surface area contributed by atoms with Crippen LogP contribution in [0.4, 0.5) is 18.0 Å². The number of hydrogen-bond acceptors (Lipinski definition) is 6. The number of nitrogens with one attached hydrogen (secondary N) is 1. The van der Waals surface area contributed by atoms with Gasteiger partial charge in [-0.2, -0.15) is 13.2 Å². The minimum Gasteiger partial charge on any atom is -0.465 e. The van der Waals surface area contributed by atoms with Crippen molar-refractivity contribution in [3.63, 3.8) is 0 Å². The van der Waals surface area contributed by atoms with Crippen molar-refractivity contribution in [2.75, 3.05) is 13.1 Å². The molecule has 0 bridgehead atoms. The Morgan fingerprint density at radius 2 is 1.53 bits per heavy atom. The van der Waals surface area contributed by atoms with Crippen molar-refractivity contribution in [1.29, 1.82) is 0 Å². The van der Waals surface area contributed by atoms with Crippen LogP contribution in [-0.2, 0) is 30.8 Å². The molecule has 184 valence electrons. The first kappa shape index (κ1) is 25.5. The van der Waals surface area contributed by atoms with Crippen molar-refractivity contribution in [3.05, 3.63) is 54.1 Å². The molecule has 0 aromatic heterocycles. The zero-order chi connectivity index (χ0) is 25.3. The van der Waals surface area contributed by atoms with Gasteiger partial charge in [0.15, 0.2) is 0 Å². The quantitative estimate of drug-likeness (QED) is 0.618. The molecule has 0 spiro atoms. The Balaban J connectivity index is 1.97. The van der Waals surface area contributed by atoms with Gasteiger partial charge < -0.3 is 10.0 Å². The molecule has 3 rings (SSSR count). The van der Waals surface area contributed by atoms with E-state index < -0.39 is 59.3 Å². The summed E-state index contributed by atoms with van der Waals surface area (Å²) in [6.45, 7) is -0.0991. The van der Waals surface area contributed by atoms with E-state index in [0.717, 1.165) is 4.90 Å². The number of rotatable bonds is 5. The van der Waals surface area contributed by atoms with Gasteiger partial charge in [0.2, 0.25) is 15.7 Å². The molecule has 34 heavy (non-hydrogen) atoms. The number of sulfonamides is 1. The number of amides is 2. The molecule has 0 unspecified atom stereocenters. The largest absolute Gasteiger partial charge is 0.465 e. The monoisotopic (exact) mass is 520 g/mol. The number of nitrogens with zero attached hydrogens (tertiary/aromatic N) is 1. The molecule has 1 aliphatic rings. The van der Waals surface area contributed by atoms with E-state index in [9.17, 15) is 39.6 Å². The summed E-state index contributed by atoms with van der Waals surface area (Å²) in [5.41, 5.74) is -1.64. The fraction of sp³-hybridized carbons (Fsp3) is 0.300. The molecule has 0 aliphatic carbocycles. The highest BCUT2D eigenvalue weighted by molar-refractivity contribution is 7.92. The summed E-state index contributed by atoms with van der Waals surface area (Å²) >= 11 is 0. The molecule has 14 heteroatoms. The van der Waals surface area contributed by atoms with Gasteiger partial charge in [-0.15, -0.1) is 0 Å². The van der Waals surface area contributed by atoms with E-state index in [4.69, 9.17) is 5.11 Å². The third-order valence-corrected chi connectivity index (χ3v) is 8.44. The van der Waals surface area contributed by atoms with Crippen LogP contribution in [-0.4, -0.2) is 51.9 Å². The van der Waals surface area contributed by atoms with Crippen LogP contribution in [0.15, 0.2) is 63.2 Å². The van der Waals surface area contributed by atoms with Crippen LogP contribution in [0.1, 0.15) is 18.4 Å². The Morgan fingerprint density at radius 3 is 2.06 bits per heavy atom. The number of sulfone groups is 1. The fourth-order valence-corrected chi connectivity index (χ4v) is 6.15. The molecule has 0 atom stereocenters. The lowest BCUT2D eigenvalue weighted by Gasteiger charge is -2.29. The number of piperidine rings is 1. The van der Waals surface area contributed by atoms with Crippen molar-refractivity contribution in [1.82, 2.24) is 9.62 Å². The van der Waals surface area contributed by atoms with Crippen molar-refractivity contribution >= 4 is 31.9 Å². The Morgan fingerprint density at radius 1 is 0.941 bits per heavy atom. The maximum absolute atomic E-state index is 13.6. The molecule has 9 nitrogen and oxygen atoms in total. The van der Waals surface area contributed by atoms with Gasteiger partial charge in [-0.1, -0.05) is 18.2 Å². The Labute approximate surface area is 193 Å². The SMILES string of the molecule is O=C(NS(=O)(=O)c1cc(S(=O)(=O)c2ccccc2)ccc1C(F)(F)F)C1CCN(C(=O)O)CC1. The highest BCUT2D eigenvalue weighted by Crippen LogP contribution is 2.36. The minimum atomic E-state index is -5.16. The lowest BCUT2D eigenvalue weighted by atomic mass is 9.97. The molecule has 1 saturated heterocycles.